The SMILES string of the molecule is OC1[CH]C(O)C(O)CC1. The van der Waals surface area contributed by atoms with Crippen LogP contribution in [0.15, 0.2) is 0 Å². The van der Waals surface area contributed by atoms with Crippen molar-refractivity contribution in [3.8, 4) is 0 Å². The predicted octanol–water partition coefficient (Wildman–Crippen LogP) is -0.933. The summed E-state index contributed by atoms with van der Waals surface area (Å²) < 4.78 is 0. The first kappa shape index (κ1) is 6.99. The van der Waals surface area contributed by atoms with Crippen molar-refractivity contribution in [1.29, 1.82) is 0 Å². The second-order valence-electron chi connectivity index (χ2n) is 2.40. The van der Waals surface area contributed by atoms with Crippen LogP contribution in [0.25, 0.3) is 0 Å². The number of aliphatic hydroxyl groups is 3. The Bertz CT molecular complexity index is 94.3. The highest BCUT2D eigenvalue weighted by molar-refractivity contribution is 4.93. The summed E-state index contributed by atoms with van der Waals surface area (Å²) >= 11 is 0. The lowest BCUT2D eigenvalue weighted by Crippen LogP contribution is -2.36. The molecule has 53 valence electrons. The molecule has 0 saturated heterocycles. The molecule has 0 amide bonds. The Morgan fingerprint density at radius 3 is 2.22 bits per heavy atom. The third kappa shape index (κ3) is 1.64. The molecule has 1 fully saturated rings. The Hall–Kier alpha value is -0.120. The maximum Gasteiger partial charge on any atom is 0.0856 e. The topological polar surface area (TPSA) is 60.7 Å². The molecule has 3 heteroatoms. The van der Waals surface area contributed by atoms with Gasteiger partial charge in [-0.1, -0.05) is 0 Å². The first-order valence-electron chi connectivity index (χ1n) is 3.09. The Morgan fingerprint density at radius 1 is 1.11 bits per heavy atom. The molecule has 3 nitrogen and oxygen atoms in total. The molecule has 0 bridgehead atoms. The van der Waals surface area contributed by atoms with Crippen molar-refractivity contribution in [3.05, 3.63) is 6.42 Å². The van der Waals surface area contributed by atoms with Crippen LogP contribution in [0.2, 0.25) is 0 Å². The third-order valence-electron chi connectivity index (χ3n) is 1.57. The van der Waals surface area contributed by atoms with Gasteiger partial charge >= 0.3 is 0 Å². The summed E-state index contributed by atoms with van der Waals surface area (Å²) in [6, 6.07) is 0. The fourth-order valence-corrected chi connectivity index (χ4v) is 0.964. The lowest BCUT2D eigenvalue weighted by atomic mass is 9.93. The van der Waals surface area contributed by atoms with Gasteiger partial charge in [0.15, 0.2) is 0 Å². The van der Waals surface area contributed by atoms with E-state index in [1.807, 2.05) is 0 Å². The van der Waals surface area contributed by atoms with Gasteiger partial charge in [0.05, 0.1) is 18.3 Å². The molecular formula is C6H11O3. The zero-order valence-electron chi connectivity index (χ0n) is 5.07. The van der Waals surface area contributed by atoms with Crippen molar-refractivity contribution in [2.45, 2.75) is 31.2 Å². The van der Waals surface area contributed by atoms with Gasteiger partial charge in [-0.3, -0.25) is 0 Å². The average molecular weight is 131 g/mol. The minimum Gasteiger partial charge on any atom is -0.393 e. The summed E-state index contributed by atoms with van der Waals surface area (Å²) in [6.07, 6.45) is 0.344. The summed E-state index contributed by atoms with van der Waals surface area (Å²) in [4.78, 5) is 0. The summed E-state index contributed by atoms with van der Waals surface area (Å²) in [7, 11) is 0. The van der Waals surface area contributed by atoms with Crippen LogP contribution in [0.3, 0.4) is 0 Å². The second-order valence-corrected chi connectivity index (χ2v) is 2.40. The predicted molar refractivity (Wildman–Crippen MR) is 31.6 cm³/mol. The largest absolute Gasteiger partial charge is 0.393 e. The van der Waals surface area contributed by atoms with Gasteiger partial charge in [0.1, 0.15) is 0 Å². The van der Waals surface area contributed by atoms with Crippen molar-refractivity contribution >= 4 is 0 Å². The van der Waals surface area contributed by atoms with Crippen LogP contribution in [0.1, 0.15) is 12.8 Å². The van der Waals surface area contributed by atoms with Crippen LogP contribution in [0.4, 0.5) is 0 Å². The summed E-state index contributed by atoms with van der Waals surface area (Å²) in [6.45, 7) is 0. The van der Waals surface area contributed by atoms with Gasteiger partial charge in [0.25, 0.3) is 0 Å². The molecule has 3 N–H and O–H groups in total. The fraction of sp³-hybridized carbons (Fsp3) is 0.833. The van der Waals surface area contributed by atoms with Crippen molar-refractivity contribution in [2.24, 2.45) is 0 Å². The van der Waals surface area contributed by atoms with Crippen molar-refractivity contribution < 1.29 is 15.3 Å². The van der Waals surface area contributed by atoms with Gasteiger partial charge in [-0.25, -0.2) is 0 Å². The first-order valence-corrected chi connectivity index (χ1v) is 3.09. The van der Waals surface area contributed by atoms with Crippen molar-refractivity contribution in [2.75, 3.05) is 0 Å². The van der Waals surface area contributed by atoms with E-state index >= 15 is 0 Å². The summed E-state index contributed by atoms with van der Waals surface area (Å²) in [5.41, 5.74) is 0. The molecule has 0 aromatic rings. The lowest BCUT2D eigenvalue weighted by molar-refractivity contribution is -0.0123. The third-order valence-corrected chi connectivity index (χ3v) is 1.57. The van der Waals surface area contributed by atoms with E-state index in [0.717, 1.165) is 0 Å². The van der Waals surface area contributed by atoms with Crippen LogP contribution in [0, 0.1) is 6.42 Å². The van der Waals surface area contributed by atoms with Crippen molar-refractivity contribution in [1.82, 2.24) is 0 Å². The molecular weight excluding hydrogens is 120 g/mol. The van der Waals surface area contributed by atoms with Gasteiger partial charge in [-0.15, -0.1) is 0 Å². The fourth-order valence-electron chi connectivity index (χ4n) is 0.964. The van der Waals surface area contributed by atoms with E-state index < -0.39 is 18.3 Å². The summed E-state index contributed by atoms with van der Waals surface area (Å²) in [5, 5.41) is 26.7. The minimum absolute atomic E-state index is 0.485. The van der Waals surface area contributed by atoms with Gasteiger partial charge in [-0.05, 0) is 12.8 Å². The standard InChI is InChI=1S/C6H11O3/c7-4-1-2-5(8)6(9)3-4/h3-9H,1-2H2. The highest BCUT2D eigenvalue weighted by Crippen LogP contribution is 2.17. The molecule has 0 heterocycles. The van der Waals surface area contributed by atoms with E-state index in [-0.39, 0.29) is 0 Å². The zero-order valence-corrected chi connectivity index (χ0v) is 5.07. The van der Waals surface area contributed by atoms with Gasteiger partial charge in [0, 0.05) is 6.42 Å². The number of hydrogen-bond donors (Lipinski definition) is 3. The van der Waals surface area contributed by atoms with E-state index in [0.29, 0.717) is 12.8 Å². The Labute approximate surface area is 53.9 Å². The van der Waals surface area contributed by atoms with Crippen LogP contribution in [-0.4, -0.2) is 33.6 Å². The van der Waals surface area contributed by atoms with E-state index in [1.165, 1.54) is 6.42 Å². The van der Waals surface area contributed by atoms with Crippen LogP contribution in [0.5, 0.6) is 0 Å². The number of aliphatic hydroxyl groups excluding tert-OH is 3. The molecule has 1 rings (SSSR count). The molecule has 3 unspecified atom stereocenters. The Morgan fingerprint density at radius 2 is 1.78 bits per heavy atom. The van der Waals surface area contributed by atoms with Crippen LogP contribution in [-0.2, 0) is 0 Å². The highest BCUT2D eigenvalue weighted by atomic mass is 16.3. The van der Waals surface area contributed by atoms with Gasteiger partial charge in [-0.2, -0.15) is 0 Å². The van der Waals surface area contributed by atoms with E-state index in [9.17, 15) is 0 Å². The maximum absolute atomic E-state index is 8.90. The molecule has 1 radical (unpaired) electrons. The minimum atomic E-state index is -0.839. The molecule has 0 aromatic heterocycles. The second kappa shape index (κ2) is 2.64. The quantitative estimate of drug-likeness (QED) is 0.398. The maximum atomic E-state index is 8.90. The smallest absolute Gasteiger partial charge is 0.0856 e. The Kier molecular flexibility index (Phi) is 2.05. The highest BCUT2D eigenvalue weighted by Gasteiger charge is 2.25. The van der Waals surface area contributed by atoms with Gasteiger partial charge in [0.2, 0.25) is 0 Å². The number of rotatable bonds is 0. The molecule has 0 aromatic carbocycles. The van der Waals surface area contributed by atoms with E-state index in [1.54, 1.807) is 0 Å². The monoisotopic (exact) mass is 131 g/mol. The lowest BCUT2D eigenvalue weighted by Gasteiger charge is -2.26. The van der Waals surface area contributed by atoms with Crippen LogP contribution < -0.4 is 0 Å². The first-order chi connectivity index (χ1) is 4.20. The molecule has 0 aliphatic heterocycles. The van der Waals surface area contributed by atoms with Crippen LogP contribution >= 0.6 is 0 Å². The van der Waals surface area contributed by atoms with E-state index in [4.69, 9.17) is 15.3 Å². The normalized spacial score (nSPS) is 45.0. The zero-order chi connectivity index (χ0) is 6.85. The summed E-state index contributed by atoms with van der Waals surface area (Å²) in [5.74, 6) is 0. The molecule has 9 heavy (non-hydrogen) atoms. The molecule has 1 aliphatic rings. The molecule has 0 spiro atoms. The van der Waals surface area contributed by atoms with Crippen molar-refractivity contribution in [3.63, 3.8) is 0 Å². The average Bonchev–Trinajstić information content (AvgIpc) is 1.80. The number of hydrogen-bond acceptors (Lipinski definition) is 3. The Balaban J connectivity index is 2.35. The molecule has 1 aliphatic carbocycles. The molecule has 1 saturated carbocycles. The van der Waals surface area contributed by atoms with Gasteiger partial charge < -0.3 is 15.3 Å². The molecule has 3 atom stereocenters. The van der Waals surface area contributed by atoms with E-state index in [2.05, 4.69) is 0 Å².